The maximum Gasteiger partial charge on any atom is 0.490 e. The molecule has 0 bridgehead atoms. The van der Waals surface area contributed by atoms with Crippen molar-refractivity contribution in [1.29, 1.82) is 0 Å². The highest BCUT2D eigenvalue weighted by atomic mass is 127. The molecule has 16 heterocycles. The molecule has 2 unspecified atom stereocenters. The summed E-state index contributed by atoms with van der Waals surface area (Å²) in [5.74, 6) is 1.01. The zero-order chi connectivity index (χ0) is 103. The number of pyridine rings is 6. The van der Waals surface area contributed by atoms with Crippen molar-refractivity contribution in [2.24, 2.45) is 0 Å². The van der Waals surface area contributed by atoms with E-state index < -0.39 is 67.7 Å². The number of rotatable bonds is 17. The van der Waals surface area contributed by atoms with Crippen LogP contribution in [0.25, 0.3) is 89.2 Å². The molecule has 2 aliphatic rings. The van der Waals surface area contributed by atoms with E-state index in [2.05, 4.69) is 129 Å². The Kier molecular flexibility index (Phi) is 38.0. The van der Waals surface area contributed by atoms with Crippen molar-refractivity contribution in [1.82, 2.24) is 98.8 Å². The van der Waals surface area contributed by atoms with Gasteiger partial charge in [0.05, 0.1) is 103 Å². The lowest BCUT2D eigenvalue weighted by Crippen LogP contribution is -2.41. The van der Waals surface area contributed by atoms with Gasteiger partial charge in [-0.25, -0.2) is 82.1 Å². The Balaban J connectivity index is 0.000000177. The second kappa shape index (κ2) is 48.6. The Morgan fingerprint density at radius 2 is 0.901 bits per heavy atom. The number of nitrogens with zero attached hydrogens (tertiary/aromatic N) is 18. The minimum Gasteiger partial charge on any atom is -0.693 e. The third-order valence-corrected chi connectivity index (χ3v) is 22.5. The molecule has 0 aliphatic carbocycles. The quantitative estimate of drug-likeness (QED) is 0.0238. The van der Waals surface area contributed by atoms with Crippen LogP contribution in [0.2, 0.25) is 0 Å². The fourth-order valence-corrected chi connectivity index (χ4v) is 14.3. The number of halogens is 7. The summed E-state index contributed by atoms with van der Waals surface area (Å²) in [5, 5.41) is 48.0. The molecule has 735 valence electrons. The number of nitrogens with one attached hydrogen (secondary N) is 2. The van der Waals surface area contributed by atoms with Gasteiger partial charge in [-0.05, 0) is 247 Å². The van der Waals surface area contributed by atoms with Gasteiger partial charge in [-0.1, -0.05) is 30.3 Å². The van der Waals surface area contributed by atoms with Crippen molar-refractivity contribution in [2.45, 2.75) is 184 Å². The van der Waals surface area contributed by atoms with Gasteiger partial charge in [0.15, 0.2) is 16.9 Å². The third kappa shape index (κ3) is 28.0. The second-order valence-electron chi connectivity index (χ2n) is 34.1. The van der Waals surface area contributed by atoms with Crippen LogP contribution in [0, 0.1) is 27.0 Å². The van der Waals surface area contributed by atoms with Gasteiger partial charge in [-0.2, -0.15) is 19.2 Å². The largest absolute Gasteiger partial charge is 0.693 e. The topological polar surface area (TPSA) is 485 Å². The number of aliphatic hydroxyl groups is 1. The molecule has 2 fully saturated rings. The molecule has 14 aromatic heterocycles. The molecule has 11 N–H and O–H groups in total. The van der Waals surface area contributed by atoms with Crippen LogP contribution in [-0.2, 0) is 18.6 Å². The van der Waals surface area contributed by atoms with E-state index in [1.165, 1.54) is 99.0 Å². The molecule has 18 rings (SSSR count). The fourth-order valence-electron chi connectivity index (χ4n) is 13.4. The molecule has 2 aliphatic heterocycles. The van der Waals surface area contributed by atoms with Crippen LogP contribution in [0.3, 0.4) is 0 Å². The summed E-state index contributed by atoms with van der Waals surface area (Å²) in [6.45, 7) is 34.9. The van der Waals surface area contributed by atoms with E-state index in [-0.39, 0.29) is 98.5 Å². The average Bonchev–Trinajstić information content (AvgIpc) is 1.42. The van der Waals surface area contributed by atoms with Gasteiger partial charge >= 0.3 is 21.1 Å². The third-order valence-electron chi connectivity index (χ3n) is 21.2. The molecule has 2 atom stereocenters. The SMILES string of the molecule is CC(C)Oc1ccc(-c2[nH]nc3ncnc(N)c23)cn1.CC(C)Oc1ccc(-c2nn(C(C)c3nc4ccc(F)cn4c(=O)c3-c3cccc(F)c3)c3ncnc(N)c23)cn1.CC(C)Oc1ccc(B(O)O)cn1.CC(C)Oc1ccc(Br)cn1.CC(O)c1nc2ccc(F)cn2c(=O)c1-c1cccc(F)c1.CC1(C)OB(B2OC(C)(C)C(C)(C)O2)OC1(C)C.CSF.Nc1ncnc2n[nH]c(I)c12.[B][B-]. The van der Waals surface area contributed by atoms with Crippen molar-refractivity contribution >= 4 is 155 Å². The number of hydrogen-bond acceptors (Lipinski definition) is 32. The van der Waals surface area contributed by atoms with Crippen molar-refractivity contribution in [3.05, 3.63) is 241 Å². The highest BCUT2D eigenvalue weighted by Crippen LogP contribution is 2.44. The summed E-state index contributed by atoms with van der Waals surface area (Å²) in [7, 11) is 5.58. The Morgan fingerprint density at radius 3 is 1.30 bits per heavy atom. The van der Waals surface area contributed by atoms with E-state index in [9.17, 15) is 36.1 Å². The molecule has 2 saturated heterocycles. The van der Waals surface area contributed by atoms with Crippen LogP contribution in [0.4, 0.5) is 38.9 Å². The number of anilines is 3. The van der Waals surface area contributed by atoms with Crippen LogP contribution in [0.5, 0.6) is 23.5 Å². The number of hydrogen-bond donors (Lipinski definition) is 8. The summed E-state index contributed by atoms with van der Waals surface area (Å²) in [6, 6.07) is 29.6. The monoisotopic (exact) mass is 2130 g/mol. The first-order valence-corrected chi connectivity index (χ1v) is 46.6. The number of aromatic nitrogens is 20. The first-order chi connectivity index (χ1) is 66.7. The summed E-state index contributed by atoms with van der Waals surface area (Å²) in [6.07, 6.45) is 13.2. The highest BCUT2D eigenvalue weighted by Gasteiger charge is 2.64. The molecule has 49 heteroatoms. The highest BCUT2D eigenvalue weighted by molar-refractivity contribution is 14.1. The van der Waals surface area contributed by atoms with Crippen LogP contribution in [0.1, 0.15) is 148 Å². The molecule has 0 saturated carbocycles. The van der Waals surface area contributed by atoms with E-state index in [0.29, 0.717) is 90.8 Å². The number of aliphatic hydroxyl groups excluding tert-OH is 1. The predicted octanol–water partition coefficient (Wildman–Crippen LogP) is 14.7. The van der Waals surface area contributed by atoms with E-state index in [0.717, 1.165) is 46.0 Å². The minimum atomic E-state index is -1.47. The standard InChI is InChI=1S/C29H24F2N8O2.C16H12F2N2O2.C13H14N6O.C12H24B2O4.C8H12BNO3.C8H10BrNO.C5H4IN5.CH3FS.B2/c1-15(2)41-22-10-7-18(12-33-22)26-24-27(32)34-14-35-28(24)39(37-26)16(3)25-23(17-5-4-6-19(30)11-17)29(40)38-13-20(31)8-9-21(38)36-25;1-9(21)15-14(10-3-2-4-11(17)7-10)16(22)20-8-12(18)5-6-13(20)19-15;1-7(2)20-9-4-3-8(5-15-9)11-10-12(14)16-6-17-13(10)19-18-11;1-9(2)10(3,4)16-13(15-9)14-17-11(5,6)12(7,8)18-14;1-6(2)13-8-4-3-7(5-10-8)9(11)12;1-6(2)11-8-4-3-7(9)5-10-8;6-3-2-4(7)8-1-9-5(2)11-10-3;1-3-2;1-2/h4-16H,1-3H3,(H2,32,34,35);2-9,21H,1H3;3-7H,1-2H3,(H3,14,16,17,18,19);1-8H3;3-6,11-12H,1-2H3;3-6H,1-2H3;1H,(H3,7,8,9,10,11);1H3;/q;;;;;;;;-1. The molecule has 141 heavy (non-hydrogen) atoms. The predicted molar refractivity (Wildman–Crippen MR) is 547 cm³/mol. The van der Waals surface area contributed by atoms with Gasteiger partial charge in [-0.3, -0.25) is 28.6 Å². The number of H-pyrrole nitrogens is 2. The molecule has 5 radical (unpaired) electrons. The molecule has 2 aromatic carbocycles. The number of fused-ring (bicyclic) bond motifs is 5. The first-order valence-electron chi connectivity index (χ1n) is 43.6. The van der Waals surface area contributed by atoms with E-state index in [1.807, 2.05) is 135 Å². The van der Waals surface area contributed by atoms with Gasteiger partial charge < -0.3 is 85.4 Å². The molecule has 0 amide bonds. The zero-order valence-corrected chi connectivity index (χ0v) is 84.9. The van der Waals surface area contributed by atoms with Gasteiger partial charge in [0, 0.05) is 94.8 Å². The maximum absolute atomic E-state index is 14.3. The maximum atomic E-state index is 14.3. The van der Waals surface area contributed by atoms with Gasteiger partial charge in [-0.15, -0.1) is 0 Å². The van der Waals surface area contributed by atoms with E-state index in [1.54, 1.807) is 66.6 Å². The number of aromatic amines is 2. The van der Waals surface area contributed by atoms with Crippen molar-refractivity contribution in [3.63, 3.8) is 0 Å². The van der Waals surface area contributed by atoms with Gasteiger partial charge in [0.25, 0.3) is 11.1 Å². The average molecular weight is 2130 g/mol. The molecule has 36 nitrogen and oxygen atoms in total. The Labute approximate surface area is 838 Å². The number of ether oxygens (including phenoxy) is 4. The van der Waals surface area contributed by atoms with Crippen LogP contribution >= 0.6 is 50.7 Å². The number of nitrogen functional groups attached to an aromatic ring is 3. The smallest absolute Gasteiger partial charge is 0.490 e. The second-order valence-corrected chi connectivity index (χ2v) is 36.4. The molecular weight excluding hydrogens is 2020 g/mol. The molecule has 16 aromatic rings. The summed E-state index contributed by atoms with van der Waals surface area (Å²) in [4.78, 5) is 76.3. The molecular formula is C92H103B5BrF5IN23O13S-. The normalized spacial score (nSPS) is 13.9. The van der Waals surface area contributed by atoms with Crippen LogP contribution in [0.15, 0.2) is 192 Å². The zero-order valence-electron chi connectivity index (χ0n) is 80.4. The lowest BCUT2D eigenvalue weighted by Gasteiger charge is -2.32. The van der Waals surface area contributed by atoms with E-state index >= 15 is 0 Å². The summed E-state index contributed by atoms with van der Waals surface area (Å²) < 4.78 is 117. The van der Waals surface area contributed by atoms with Crippen LogP contribution in [-0.4, -0.2) is 204 Å². The van der Waals surface area contributed by atoms with Crippen molar-refractivity contribution in [2.75, 3.05) is 23.5 Å². The van der Waals surface area contributed by atoms with Gasteiger partial charge in [0.2, 0.25) is 23.5 Å². The number of nitrogens with two attached hydrogens (primary N) is 3. The van der Waals surface area contributed by atoms with Crippen molar-refractivity contribution in [3.8, 4) is 68.3 Å². The lowest BCUT2D eigenvalue weighted by atomic mass is 9.49. The summed E-state index contributed by atoms with van der Waals surface area (Å²) >= 11 is 5.64. The minimum absolute atomic E-state index is 0.0411. The van der Waals surface area contributed by atoms with Crippen LogP contribution < -0.4 is 52.7 Å². The Hall–Kier alpha value is -12.7. The number of benzene rings is 2. The summed E-state index contributed by atoms with van der Waals surface area (Å²) in [5.41, 5.74) is 21.4. The van der Waals surface area contributed by atoms with E-state index in [4.69, 9.17) is 74.9 Å². The first kappa shape index (κ1) is 110. The molecule has 0 spiro atoms. The fraction of sp³-hybridized carbons (Fsp3) is 0.315. The van der Waals surface area contributed by atoms with Crippen molar-refractivity contribution < 1.29 is 74.2 Å². The Morgan fingerprint density at radius 1 is 0.504 bits per heavy atom. The lowest BCUT2D eigenvalue weighted by molar-refractivity contribution is 0.00578. The van der Waals surface area contributed by atoms with Gasteiger partial charge in [0.1, 0.15) is 80.4 Å². The Bertz CT molecular complexity index is 6970.